The molecule has 0 bridgehead atoms. The molecule has 19 heavy (non-hydrogen) atoms. The van der Waals surface area contributed by atoms with Gasteiger partial charge in [-0.15, -0.1) is 11.3 Å². The van der Waals surface area contributed by atoms with E-state index in [1.807, 2.05) is 6.92 Å². The van der Waals surface area contributed by atoms with Crippen molar-refractivity contribution in [3.8, 4) is 5.75 Å². The third-order valence-electron chi connectivity index (χ3n) is 2.44. The fraction of sp³-hybridized carbons (Fsp3) is 0.250. The van der Waals surface area contributed by atoms with E-state index in [-0.39, 0.29) is 24.7 Å². The second-order valence-electron chi connectivity index (χ2n) is 3.85. The fourth-order valence-electron chi connectivity index (χ4n) is 1.55. The molecule has 0 radical (unpaired) electrons. The molecular formula is C12H12N2O4S. The van der Waals surface area contributed by atoms with E-state index >= 15 is 0 Å². The first-order chi connectivity index (χ1) is 9.10. The van der Waals surface area contributed by atoms with Gasteiger partial charge in [-0.05, 0) is 18.6 Å². The van der Waals surface area contributed by atoms with E-state index in [9.17, 15) is 10.1 Å². The summed E-state index contributed by atoms with van der Waals surface area (Å²) in [7, 11) is 0. The van der Waals surface area contributed by atoms with Crippen LogP contribution in [0.4, 0.5) is 5.69 Å². The predicted molar refractivity (Wildman–Crippen MR) is 70.2 cm³/mol. The number of nitro groups is 1. The summed E-state index contributed by atoms with van der Waals surface area (Å²) in [5, 5.41) is 20.8. The Kier molecular flexibility index (Phi) is 4.08. The number of aliphatic hydroxyl groups excluding tert-OH is 1. The highest BCUT2D eigenvalue weighted by atomic mass is 32.1. The van der Waals surface area contributed by atoms with Gasteiger partial charge in [0.2, 0.25) is 0 Å². The van der Waals surface area contributed by atoms with Crippen LogP contribution in [-0.2, 0) is 13.2 Å². The number of rotatable bonds is 5. The summed E-state index contributed by atoms with van der Waals surface area (Å²) in [6, 6.07) is 4.41. The maximum Gasteiger partial charge on any atom is 0.311 e. The zero-order valence-electron chi connectivity index (χ0n) is 10.2. The first-order valence-electron chi connectivity index (χ1n) is 5.52. The average molecular weight is 280 g/mol. The second-order valence-corrected chi connectivity index (χ2v) is 5.17. The Bertz CT molecular complexity index is 597. The Labute approximate surface area is 113 Å². The maximum atomic E-state index is 10.9. The quantitative estimate of drug-likeness (QED) is 0.671. The summed E-state index contributed by atoms with van der Waals surface area (Å²) < 4.78 is 5.44. The Balaban J connectivity index is 2.17. The van der Waals surface area contributed by atoms with Gasteiger partial charge in [0.25, 0.3) is 0 Å². The SMILES string of the molecule is Cc1ncc(COc2ccc(CO)cc2[N+](=O)[O-])s1. The van der Waals surface area contributed by atoms with E-state index < -0.39 is 4.92 Å². The molecule has 7 heteroatoms. The van der Waals surface area contributed by atoms with Crippen LogP contribution in [0.25, 0.3) is 0 Å². The van der Waals surface area contributed by atoms with Crippen molar-refractivity contribution in [1.29, 1.82) is 0 Å². The van der Waals surface area contributed by atoms with Gasteiger partial charge in [-0.25, -0.2) is 4.98 Å². The van der Waals surface area contributed by atoms with Gasteiger partial charge in [0.05, 0.1) is 21.4 Å². The van der Waals surface area contributed by atoms with E-state index in [4.69, 9.17) is 9.84 Å². The van der Waals surface area contributed by atoms with E-state index in [0.717, 1.165) is 9.88 Å². The van der Waals surface area contributed by atoms with Crippen molar-refractivity contribution < 1.29 is 14.8 Å². The number of thiazole rings is 1. The van der Waals surface area contributed by atoms with Gasteiger partial charge >= 0.3 is 5.69 Å². The molecular weight excluding hydrogens is 268 g/mol. The predicted octanol–water partition coefficient (Wildman–Crippen LogP) is 2.43. The van der Waals surface area contributed by atoms with Crippen molar-refractivity contribution in [2.75, 3.05) is 0 Å². The minimum absolute atomic E-state index is 0.146. The molecule has 0 fully saturated rings. The zero-order chi connectivity index (χ0) is 13.8. The third kappa shape index (κ3) is 3.27. The molecule has 0 aliphatic carbocycles. The van der Waals surface area contributed by atoms with Crippen molar-refractivity contribution in [3.63, 3.8) is 0 Å². The molecule has 0 amide bonds. The molecule has 1 aromatic carbocycles. The maximum absolute atomic E-state index is 10.9. The average Bonchev–Trinajstić information content (AvgIpc) is 2.82. The lowest BCUT2D eigenvalue weighted by atomic mass is 10.2. The molecule has 2 aromatic rings. The van der Waals surface area contributed by atoms with Crippen LogP contribution in [0.1, 0.15) is 15.4 Å². The van der Waals surface area contributed by atoms with Crippen LogP contribution in [0.2, 0.25) is 0 Å². The van der Waals surface area contributed by atoms with Gasteiger partial charge in [0.15, 0.2) is 5.75 Å². The topological polar surface area (TPSA) is 85.5 Å². The number of aromatic nitrogens is 1. The van der Waals surface area contributed by atoms with Crippen molar-refractivity contribution in [3.05, 3.63) is 50.0 Å². The summed E-state index contributed by atoms with van der Waals surface area (Å²) in [5.41, 5.74) is 0.334. The zero-order valence-corrected chi connectivity index (χ0v) is 11.0. The molecule has 100 valence electrons. The monoisotopic (exact) mass is 280 g/mol. The van der Waals surface area contributed by atoms with Crippen molar-refractivity contribution in [2.24, 2.45) is 0 Å². The van der Waals surface area contributed by atoms with Gasteiger partial charge in [0, 0.05) is 12.3 Å². The highest BCUT2D eigenvalue weighted by molar-refractivity contribution is 7.11. The largest absolute Gasteiger partial charge is 0.481 e. The minimum atomic E-state index is -0.521. The molecule has 6 nitrogen and oxygen atoms in total. The Morgan fingerprint density at radius 1 is 1.53 bits per heavy atom. The van der Waals surface area contributed by atoms with Gasteiger partial charge in [0.1, 0.15) is 6.61 Å². The van der Waals surface area contributed by atoms with Crippen LogP contribution in [0.5, 0.6) is 5.75 Å². The standard InChI is InChI=1S/C12H12N2O4S/c1-8-13-5-10(19-8)7-18-12-3-2-9(6-15)4-11(12)14(16)17/h2-5,15H,6-7H2,1H3. The van der Waals surface area contributed by atoms with Crippen LogP contribution < -0.4 is 4.74 Å². The molecule has 1 aromatic heterocycles. The molecule has 0 aliphatic rings. The van der Waals surface area contributed by atoms with Gasteiger partial charge < -0.3 is 9.84 Å². The smallest absolute Gasteiger partial charge is 0.311 e. The number of hydrogen-bond acceptors (Lipinski definition) is 6. The first-order valence-corrected chi connectivity index (χ1v) is 6.34. The number of nitrogens with zero attached hydrogens (tertiary/aromatic N) is 2. The number of aryl methyl sites for hydroxylation is 1. The van der Waals surface area contributed by atoms with Crippen molar-refractivity contribution in [1.82, 2.24) is 4.98 Å². The number of nitro benzene ring substituents is 1. The fourth-order valence-corrected chi connectivity index (χ4v) is 2.26. The van der Waals surface area contributed by atoms with Crippen LogP contribution in [0.15, 0.2) is 24.4 Å². The Hall–Kier alpha value is -1.99. The molecule has 0 unspecified atom stereocenters. The van der Waals surface area contributed by atoms with Gasteiger partial charge in [-0.3, -0.25) is 10.1 Å². The van der Waals surface area contributed by atoms with Crippen molar-refractivity contribution in [2.45, 2.75) is 20.1 Å². The van der Waals surface area contributed by atoms with E-state index in [0.29, 0.717) is 5.56 Å². The Morgan fingerprint density at radius 2 is 2.32 bits per heavy atom. The van der Waals surface area contributed by atoms with Crippen LogP contribution in [0.3, 0.4) is 0 Å². The molecule has 2 rings (SSSR count). The normalized spacial score (nSPS) is 10.4. The molecule has 1 heterocycles. The third-order valence-corrected chi connectivity index (χ3v) is 3.33. The molecule has 0 spiro atoms. The highest BCUT2D eigenvalue weighted by Crippen LogP contribution is 2.29. The molecule has 0 atom stereocenters. The summed E-state index contributed by atoms with van der Waals surface area (Å²) in [4.78, 5) is 15.4. The van der Waals surface area contributed by atoms with Gasteiger partial charge in [-0.2, -0.15) is 0 Å². The van der Waals surface area contributed by atoms with Crippen LogP contribution in [-0.4, -0.2) is 15.0 Å². The van der Waals surface area contributed by atoms with E-state index in [1.165, 1.54) is 23.5 Å². The van der Waals surface area contributed by atoms with Crippen LogP contribution in [0, 0.1) is 17.0 Å². The number of aliphatic hydroxyl groups is 1. The van der Waals surface area contributed by atoms with Gasteiger partial charge in [-0.1, -0.05) is 6.07 Å². The second kappa shape index (κ2) is 5.77. The summed E-state index contributed by atoms with van der Waals surface area (Å²) in [6.07, 6.45) is 1.69. The van der Waals surface area contributed by atoms with Crippen molar-refractivity contribution >= 4 is 17.0 Å². The summed E-state index contributed by atoms with van der Waals surface area (Å²) in [5.74, 6) is 0.188. The van der Waals surface area contributed by atoms with Crippen LogP contribution >= 0.6 is 11.3 Å². The molecule has 0 aliphatic heterocycles. The lowest BCUT2D eigenvalue weighted by Crippen LogP contribution is -1.99. The minimum Gasteiger partial charge on any atom is -0.481 e. The Morgan fingerprint density at radius 3 is 2.89 bits per heavy atom. The molecule has 1 N–H and O–H groups in total. The number of hydrogen-bond donors (Lipinski definition) is 1. The highest BCUT2D eigenvalue weighted by Gasteiger charge is 2.16. The summed E-state index contributed by atoms with van der Waals surface area (Å²) >= 11 is 1.48. The first kappa shape index (κ1) is 13.4. The lowest BCUT2D eigenvalue weighted by molar-refractivity contribution is -0.386. The van der Waals surface area contributed by atoms with E-state index in [1.54, 1.807) is 12.3 Å². The summed E-state index contributed by atoms with van der Waals surface area (Å²) in [6.45, 7) is 1.88. The van der Waals surface area contributed by atoms with E-state index in [2.05, 4.69) is 4.98 Å². The molecule has 0 saturated heterocycles. The molecule has 0 saturated carbocycles. The number of ether oxygens (including phenoxy) is 1. The number of benzene rings is 1. The lowest BCUT2D eigenvalue weighted by Gasteiger charge is -2.06.